The van der Waals surface area contributed by atoms with Crippen molar-refractivity contribution in [3.8, 4) is 11.5 Å². The van der Waals surface area contributed by atoms with Gasteiger partial charge in [0.2, 0.25) is 6.79 Å². The van der Waals surface area contributed by atoms with Crippen molar-refractivity contribution < 1.29 is 43.5 Å². The predicted octanol–water partition coefficient (Wildman–Crippen LogP) is 3.53. The molecule has 0 radical (unpaired) electrons. The lowest BCUT2D eigenvalue weighted by molar-refractivity contribution is -0.179. The van der Waals surface area contributed by atoms with Crippen LogP contribution in [0.3, 0.4) is 0 Å². The van der Waals surface area contributed by atoms with E-state index in [1.807, 2.05) is 12.1 Å². The molecular formula is C32H43NO9. The summed E-state index contributed by atoms with van der Waals surface area (Å²) in [6, 6.07) is 4.01. The second kappa shape index (κ2) is 11.9. The average molecular weight is 586 g/mol. The van der Waals surface area contributed by atoms with Gasteiger partial charge in [-0.3, -0.25) is 9.69 Å². The van der Waals surface area contributed by atoms with Gasteiger partial charge in [0.05, 0.1) is 30.6 Å². The third kappa shape index (κ3) is 5.89. The van der Waals surface area contributed by atoms with Crippen LogP contribution in [0.5, 0.6) is 11.5 Å². The number of esters is 2. The molecule has 0 aromatic heterocycles. The van der Waals surface area contributed by atoms with Crippen LogP contribution in [0, 0.1) is 0 Å². The van der Waals surface area contributed by atoms with E-state index in [2.05, 4.69) is 11.0 Å². The molecule has 42 heavy (non-hydrogen) atoms. The van der Waals surface area contributed by atoms with E-state index in [-0.39, 0.29) is 25.7 Å². The van der Waals surface area contributed by atoms with Gasteiger partial charge in [0, 0.05) is 6.54 Å². The summed E-state index contributed by atoms with van der Waals surface area (Å²) in [5.41, 5.74) is -1.48. The number of allylic oxidation sites excluding steroid dienone is 1. The van der Waals surface area contributed by atoms with E-state index in [0.717, 1.165) is 43.5 Å². The van der Waals surface area contributed by atoms with Crippen molar-refractivity contribution in [2.45, 2.75) is 94.5 Å². The number of aliphatic hydroxyl groups is 2. The molecule has 10 heteroatoms. The highest BCUT2D eigenvalue weighted by atomic mass is 16.7. The van der Waals surface area contributed by atoms with E-state index in [1.165, 1.54) is 0 Å². The van der Waals surface area contributed by atoms with Gasteiger partial charge in [-0.15, -0.1) is 0 Å². The molecule has 10 nitrogen and oxygen atoms in total. The molecule has 1 aromatic carbocycles. The Morgan fingerprint density at radius 1 is 1.17 bits per heavy atom. The number of benzene rings is 1. The van der Waals surface area contributed by atoms with Gasteiger partial charge in [-0.1, -0.05) is 12.2 Å². The van der Waals surface area contributed by atoms with Crippen molar-refractivity contribution in [1.82, 2.24) is 4.90 Å². The zero-order valence-electron chi connectivity index (χ0n) is 25.0. The maximum Gasteiger partial charge on any atom is 0.339 e. The van der Waals surface area contributed by atoms with Crippen molar-refractivity contribution in [1.29, 1.82) is 0 Å². The quantitative estimate of drug-likeness (QED) is 0.294. The number of fused-ring (bicyclic) bond motifs is 3. The van der Waals surface area contributed by atoms with Gasteiger partial charge in [-0.05, 0) is 95.2 Å². The smallest absolute Gasteiger partial charge is 0.339 e. The molecule has 1 fully saturated rings. The Bertz CT molecular complexity index is 1250. The lowest BCUT2D eigenvalue weighted by Crippen LogP contribution is -2.49. The van der Waals surface area contributed by atoms with E-state index in [0.29, 0.717) is 30.1 Å². The molecule has 5 rings (SSSR count). The van der Waals surface area contributed by atoms with Crippen LogP contribution < -0.4 is 9.47 Å². The number of carbonyl (C=O) groups excluding carboxylic acids is 2. The van der Waals surface area contributed by atoms with Crippen LogP contribution in [0.1, 0.15) is 76.3 Å². The molecule has 3 aliphatic heterocycles. The first-order valence-electron chi connectivity index (χ1n) is 14.9. The summed E-state index contributed by atoms with van der Waals surface area (Å²) in [7, 11) is 1.56. The van der Waals surface area contributed by atoms with Gasteiger partial charge in [0.1, 0.15) is 12.4 Å². The molecule has 1 unspecified atom stereocenters. The number of methoxy groups -OCH3 is 1. The highest BCUT2D eigenvalue weighted by Crippen LogP contribution is 2.55. The van der Waals surface area contributed by atoms with Crippen molar-refractivity contribution in [3.63, 3.8) is 0 Å². The highest BCUT2D eigenvalue weighted by molar-refractivity contribution is 5.86. The fraction of sp³-hybridized carbons (Fsp3) is 0.625. The van der Waals surface area contributed by atoms with Crippen LogP contribution in [0.2, 0.25) is 0 Å². The predicted molar refractivity (Wildman–Crippen MR) is 153 cm³/mol. The van der Waals surface area contributed by atoms with Crippen LogP contribution in [0.15, 0.2) is 36.1 Å². The molecular weight excluding hydrogens is 542 g/mol. The Hall–Kier alpha value is -3.08. The van der Waals surface area contributed by atoms with Gasteiger partial charge in [-0.2, -0.15) is 0 Å². The SMILES string of the molecule is C/C=C/COC(=O)C[C@@](O)(CCCC(C)(C)O)C(=O)OC1C(OC)=C[C@]23CCCN2CCc2cc4c(cc2[C@H]13)OCO4. The number of hydrogen-bond acceptors (Lipinski definition) is 10. The van der Waals surface area contributed by atoms with Crippen LogP contribution in [0.25, 0.3) is 0 Å². The third-order valence-electron chi connectivity index (χ3n) is 8.97. The lowest BCUT2D eigenvalue weighted by atomic mass is 9.77. The van der Waals surface area contributed by atoms with Gasteiger partial charge < -0.3 is 33.9 Å². The summed E-state index contributed by atoms with van der Waals surface area (Å²) in [4.78, 5) is 29.1. The summed E-state index contributed by atoms with van der Waals surface area (Å²) in [5.74, 6) is -0.0707. The molecule has 0 bridgehead atoms. The van der Waals surface area contributed by atoms with Crippen molar-refractivity contribution in [3.05, 3.63) is 47.2 Å². The minimum absolute atomic E-state index is 0.0383. The van der Waals surface area contributed by atoms with Crippen molar-refractivity contribution >= 4 is 11.9 Å². The molecule has 3 heterocycles. The molecule has 4 aliphatic rings. The first-order valence-corrected chi connectivity index (χ1v) is 14.9. The van der Waals surface area contributed by atoms with E-state index in [9.17, 15) is 19.8 Å². The van der Waals surface area contributed by atoms with Crippen molar-refractivity contribution in [2.75, 3.05) is 33.6 Å². The van der Waals surface area contributed by atoms with Gasteiger partial charge >= 0.3 is 11.9 Å². The zero-order valence-corrected chi connectivity index (χ0v) is 25.0. The summed E-state index contributed by atoms with van der Waals surface area (Å²) >= 11 is 0. The Morgan fingerprint density at radius 3 is 2.64 bits per heavy atom. The average Bonchev–Trinajstić information content (AvgIpc) is 3.61. The molecule has 1 spiro atoms. The number of carbonyl (C=O) groups is 2. The number of rotatable bonds is 11. The van der Waals surface area contributed by atoms with E-state index in [4.69, 9.17) is 23.7 Å². The molecule has 230 valence electrons. The fourth-order valence-electron chi connectivity index (χ4n) is 6.92. The number of hydrogen-bond donors (Lipinski definition) is 2. The number of ether oxygens (including phenoxy) is 5. The summed E-state index contributed by atoms with van der Waals surface area (Å²) in [6.45, 7) is 7.05. The Morgan fingerprint density at radius 2 is 1.93 bits per heavy atom. The summed E-state index contributed by atoms with van der Waals surface area (Å²) < 4.78 is 28.7. The Labute approximate surface area is 247 Å². The zero-order chi connectivity index (χ0) is 30.1. The summed E-state index contributed by atoms with van der Waals surface area (Å²) in [5, 5.41) is 21.9. The van der Waals surface area contributed by atoms with Gasteiger partial charge in [0.25, 0.3) is 0 Å². The van der Waals surface area contributed by atoms with E-state index >= 15 is 0 Å². The first-order chi connectivity index (χ1) is 20.0. The van der Waals surface area contributed by atoms with Crippen LogP contribution in [-0.2, 0) is 30.2 Å². The van der Waals surface area contributed by atoms with E-state index < -0.39 is 41.2 Å². The topological polar surface area (TPSA) is 124 Å². The monoisotopic (exact) mass is 585 g/mol. The fourth-order valence-corrected chi connectivity index (χ4v) is 6.92. The minimum Gasteiger partial charge on any atom is -0.497 e. The third-order valence-corrected chi connectivity index (χ3v) is 8.97. The molecule has 2 N–H and O–H groups in total. The van der Waals surface area contributed by atoms with Crippen LogP contribution in [-0.4, -0.2) is 83.5 Å². The Balaban J connectivity index is 1.47. The maximum absolute atomic E-state index is 14.0. The minimum atomic E-state index is -2.15. The molecule has 1 aliphatic carbocycles. The molecule has 1 aromatic rings. The Kier molecular flexibility index (Phi) is 8.60. The maximum atomic E-state index is 14.0. The van der Waals surface area contributed by atoms with Crippen LogP contribution in [0.4, 0.5) is 0 Å². The van der Waals surface area contributed by atoms with Crippen LogP contribution >= 0.6 is 0 Å². The second-order valence-electron chi connectivity index (χ2n) is 12.4. The largest absolute Gasteiger partial charge is 0.497 e. The van der Waals surface area contributed by atoms with Gasteiger partial charge in [-0.25, -0.2) is 4.79 Å². The molecule has 4 atom stereocenters. The normalized spacial score (nSPS) is 26.1. The molecule has 1 saturated heterocycles. The lowest BCUT2D eigenvalue weighted by Gasteiger charge is -2.39. The molecule has 0 amide bonds. The number of nitrogens with zero attached hydrogens (tertiary/aromatic N) is 1. The van der Waals surface area contributed by atoms with E-state index in [1.54, 1.807) is 40.0 Å². The molecule has 0 saturated carbocycles. The first kappa shape index (κ1) is 30.4. The summed E-state index contributed by atoms with van der Waals surface area (Å²) in [6.07, 6.45) is 7.29. The standard InChI is InChI=1S/C32H43NO9/c1-5-6-15-39-26(34)19-32(37,12-7-10-30(2,3)36)29(35)42-28-25(38-4)18-31-11-8-13-33(31)14-9-21-16-23-24(41-20-40-23)17-22(21)27(28)31/h5-6,16-18,27-28,36-37H,7-15,19-20H2,1-4H3/b6-5+/t27-,28?,31+,32+/m1/s1. The van der Waals surface area contributed by atoms with Gasteiger partial charge in [0.15, 0.2) is 23.2 Å². The highest BCUT2D eigenvalue weighted by Gasteiger charge is 2.59. The second-order valence-corrected chi connectivity index (χ2v) is 12.4. The van der Waals surface area contributed by atoms with Crippen molar-refractivity contribution in [2.24, 2.45) is 0 Å².